The molecule has 2 N–H and O–H groups in total. The quantitative estimate of drug-likeness (QED) is 0.728. The molecule has 0 spiro atoms. The molecule has 0 aliphatic carbocycles. The third kappa shape index (κ3) is 4.58. The number of nitrogens with zero attached hydrogens (tertiary/aromatic N) is 1. The van der Waals surface area contributed by atoms with Gasteiger partial charge in [-0.15, -0.1) is 12.4 Å². The van der Waals surface area contributed by atoms with Gasteiger partial charge in [-0.2, -0.15) is 0 Å². The van der Waals surface area contributed by atoms with Gasteiger partial charge >= 0.3 is 0 Å². The van der Waals surface area contributed by atoms with Crippen LogP contribution in [0.4, 0.5) is 10.1 Å². The number of amides is 1. The zero-order valence-corrected chi connectivity index (χ0v) is 16.7. The molecule has 0 saturated carbocycles. The van der Waals surface area contributed by atoms with Gasteiger partial charge in [0.25, 0.3) is 5.91 Å². The van der Waals surface area contributed by atoms with Crippen molar-refractivity contribution in [2.45, 2.75) is 6.10 Å². The zero-order chi connectivity index (χ0) is 18.8. The summed E-state index contributed by atoms with van der Waals surface area (Å²) in [5, 5.41) is 0.297. The number of benzene rings is 2. The molecular weight excluding hydrogens is 418 g/mol. The van der Waals surface area contributed by atoms with Crippen molar-refractivity contribution in [1.29, 1.82) is 0 Å². The predicted octanol–water partition coefficient (Wildman–Crippen LogP) is 4.36. The number of nitrogens with two attached hydrogens (primary N) is 1. The van der Waals surface area contributed by atoms with E-state index < -0.39 is 11.9 Å². The highest BCUT2D eigenvalue weighted by Gasteiger charge is 2.28. The Morgan fingerprint density at radius 3 is 2.70 bits per heavy atom. The standard InChI is InChI=1S/C18H17Cl2FN2O3.ClH/c1-25-16-8-15(22)13(20)7-11(16)18(24)23-4-5-26-17(9-23)10-2-3-14(21)12(19)6-10;/h2-3,6-8,17H,4-5,9,22H2,1H3;1H. The van der Waals surface area contributed by atoms with Crippen molar-refractivity contribution >= 4 is 47.2 Å². The van der Waals surface area contributed by atoms with Crippen molar-refractivity contribution in [1.82, 2.24) is 4.90 Å². The van der Waals surface area contributed by atoms with E-state index in [1.54, 1.807) is 11.0 Å². The molecule has 1 atom stereocenters. The second-order valence-corrected chi connectivity index (χ2v) is 6.67. The van der Waals surface area contributed by atoms with Gasteiger partial charge in [0.1, 0.15) is 17.7 Å². The SMILES string of the molecule is COc1cc(N)c(Cl)cc1C(=O)N1CCOC(c2ccc(F)c(Cl)c2)C1.Cl. The van der Waals surface area contributed by atoms with Crippen LogP contribution < -0.4 is 10.5 Å². The number of anilines is 1. The average molecular weight is 436 g/mol. The highest BCUT2D eigenvalue weighted by atomic mass is 35.5. The number of rotatable bonds is 3. The van der Waals surface area contributed by atoms with Gasteiger partial charge in [0.2, 0.25) is 0 Å². The lowest BCUT2D eigenvalue weighted by molar-refractivity contribution is -0.0229. The monoisotopic (exact) mass is 434 g/mol. The molecule has 0 bridgehead atoms. The molecule has 27 heavy (non-hydrogen) atoms. The molecule has 0 aromatic heterocycles. The Balaban J connectivity index is 0.00000261. The Bertz CT molecular complexity index is 851. The Morgan fingerprint density at radius 1 is 1.30 bits per heavy atom. The van der Waals surface area contributed by atoms with Crippen LogP contribution in [0.1, 0.15) is 22.0 Å². The summed E-state index contributed by atoms with van der Waals surface area (Å²) in [7, 11) is 1.46. The molecule has 1 aliphatic heterocycles. The van der Waals surface area contributed by atoms with E-state index in [9.17, 15) is 9.18 Å². The molecule has 5 nitrogen and oxygen atoms in total. The largest absolute Gasteiger partial charge is 0.496 e. The maximum atomic E-state index is 13.4. The van der Waals surface area contributed by atoms with Gasteiger partial charge < -0.3 is 20.1 Å². The first-order chi connectivity index (χ1) is 12.4. The van der Waals surface area contributed by atoms with Gasteiger partial charge in [0, 0.05) is 12.6 Å². The summed E-state index contributed by atoms with van der Waals surface area (Å²) in [4.78, 5) is 14.6. The van der Waals surface area contributed by atoms with Crippen LogP contribution in [-0.2, 0) is 4.74 Å². The fourth-order valence-corrected chi connectivity index (χ4v) is 3.18. The molecule has 2 aromatic rings. The molecule has 146 valence electrons. The van der Waals surface area contributed by atoms with Crippen LogP contribution in [0.5, 0.6) is 5.75 Å². The smallest absolute Gasteiger partial charge is 0.257 e. The number of carbonyl (C=O) groups is 1. The van der Waals surface area contributed by atoms with Gasteiger partial charge in [0.05, 0.1) is 41.6 Å². The first-order valence-electron chi connectivity index (χ1n) is 7.89. The maximum absolute atomic E-state index is 13.4. The first-order valence-corrected chi connectivity index (χ1v) is 8.65. The van der Waals surface area contributed by atoms with E-state index in [1.165, 1.54) is 31.4 Å². The third-order valence-electron chi connectivity index (χ3n) is 4.22. The van der Waals surface area contributed by atoms with Crippen molar-refractivity contribution < 1.29 is 18.7 Å². The number of halogens is 4. The van der Waals surface area contributed by atoms with E-state index in [-0.39, 0.29) is 28.4 Å². The molecule has 1 amide bonds. The summed E-state index contributed by atoms with van der Waals surface area (Å²) in [6, 6.07) is 7.41. The van der Waals surface area contributed by atoms with E-state index in [1.807, 2.05) is 0 Å². The second kappa shape index (κ2) is 8.97. The van der Waals surface area contributed by atoms with Crippen LogP contribution in [0.25, 0.3) is 0 Å². The lowest BCUT2D eigenvalue weighted by atomic mass is 10.1. The number of morpholine rings is 1. The minimum Gasteiger partial charge on any atom is -0.496 e. The zero-order valence-electron chi connectivity index (χ0n) is 14.4. The van der Waals surface area contributed by atoms with Crippen LogP contribution in [0, 0.1) is 5.82 Å². The van der Waals surface area contributed by atoms with Gasteiger partial charge in [-0.1, -0.05) is 29.3 Å². The van der Waals surface area contributed by atoms with Crippen molar-refractivity contribution in [2.24, 2.45) is 0 Å². The normalized spacial score (nSPS) is 16.6. The lowest BCUT2D eigenvalue weighted by Crippen LogP contribution is -2.42. The average Bonchev–Trinajstić information content (AvgIpc) is 2.65. The number of carbonyl (C=O) groups excluding carboxylic acids is 1. The Hall–Kier alpha value is -1.73. The maximum Gasteiger partial charge on any atom is 0.257 e. The van der Waals surface area contributed by atoms with E-state index >= 15 is 0 Å². The molecule has 2 aromatic carbocycles. The van der Waals surface area contributed by atoms with E-state index in [0.717, 1.165) is 0 Å². The Kier molecular flexibility index (Phi) is 7.17. The highest BCUT2D eigenvalue weighted by Crippen LogP contribution is 2.32. The summed E-state index contributed by atoms with van der Waals surface area (Å²) in [6.45, 7) is 1.05. The summed E-state index contributed by atoms with van der Waals surface area (Å²) >= 11 is 11.9. The van der Waals surface area contributed by atoms with Crippen LogP contribution in [0.2, 0.25) is 10.0 Å². The van der Waals surface area contributed by atoms with Crippen LogP contribution in [0.15, 0.2) is 30.3 Å². The third-order valence-corrected chi connectivity index (χ3v) is 4.84. The summed E-state index contributed by atoms with van der Waals surface area (Å²) in [6.07, 6.45) is -0.402. The Morgan fingerprint density at radius 2 is 2.04 bits per heavy atom. The van der Waals surface area contributed by atoms with Gasteiger partial charge in [0.15, 0.2) is 0 Å². The molecule has 1 unspecified atom stereocenters. The number of ether oxygens (including phenoxy) is 2. The molecule has 9 heteroatoms. The van der Waals surface area contributed by atoms with E-state index in [4.69, 9.17) is 38.4 Å². The number of methoxy groups -OCH3 is 1. The summed E-state index contributed by atoms with van der Waals surface area (Å²) in [5.74, 6) is -0.393. The fraction of sp³-hybridized carbons (Fsp3) is 0.278. The molecular formula is C18H18Cl3FN2O3. The molecule has 0 radical (unpaired) electrons. The lowest BCUT2D eigenvalue weighted by Gasteiger charge is -2.33. The van der Waals surface area contributed by atoms with Gasteiger partial charge in [-0.3, -0.25) is 4.79 Å². The second-order valence-electron chi connectivity index (χ2n) is 5.86. The topological polar surface area (TPSA) is 64.8 Å². The van der Waals surface area contributed by atoms with Crippen LogP contribution >= 0.6 is 35.6 Å². The predicted molar refractivity (Wildman–Crippen MR) is 106 cm³/mol. The minimum absolute atomic E-state index is 0. The molecule has 3 rings (SSSR count). The van der Waals surface area contributed by atoms with Crippen LogP contribution in [-0.4, -0.2) is 37.6 Å². The fourth-order valence-electron chi connectivity index (χ4n) is 2.82. The van der Waals surface area contributed by atoms with Crippen molar-refractivity contribution in [2.75, 3.05) is 32.5 Å². The molecule has 1 fully saturated rings. The number of nitrogen functional groups attached to an aromatic ring is 1. The van der Waals surface area contributed by atoms with E-state index in [2.05, 4.69) is 0 Å². The van der Waals surface area contributed by atoms with Crippen LogP contribution in [0.3, 0.4) is 0 Å². The van der Waals surface area contributed by atoms with Gasteiger partial charge in [-0.25, -0.2) is 4.39 Å². The number of hydrogen-bond acceptors (Lipinski definition) is 4. The number of hydrogen-bond donors (Lipinski definition) is 1. The van der Waals surface area contributed by atoms with Crippen molar-refractivity contribution in [3.8, 4) is 5.75 Å². The Labute approximate surface area is 172 Å². The summed E-state index contributed by atoms with van der Waals surface area (Å²) in [5.41, 5.74) is 7.13. The van der Waals surface area contributed by atoms with Crippen molar-refractivity contribution in [3.63, 3.8) is 0 Å². The molecule has 1 aliphatic rings. The first kappa shape index (κ1) is 21.6. The van der Waals surface area contributed by atoms with E-state index in [0.29, 0.717) is 42.3 Å². The molecule has 1 heterocycles. The minimum atomic E-state index is -0.500. The van der Waals surface area contributed by atoms with Crippen molar-refractivity contribution in [3.05, 3.63) is 57.3 Å². The molecule has 1 saturated heterocycles. The van der Waals surface area contributed by atoms with Gasteiger partial charge in [-0.05, 0) is 23.8 Å². The summed E-state index contributed by atoms with van der Waals surface area (Å²) < 4.78 is 24.4. The highest BCUT2D eigenvalue weighted by molar-refractivity contribution is 6.33.